The SMILES string of the molecule is C#CCO[C@@H]1[C@@H](C)[C@H](OC(=O)NCCN=C(N)NC(=O)NC)[C@@H](C)C(=O)O[C@H](CC)[C@@](C)(O)[C@@H]2OC(C)(C)O[C@H]([C@@H]2C)[C@H](C)C[C@@]1(C)O. The van der Waals surface area contributed by atoms with Gasteiger partial charge in [-0.2, -0.15) is 0 Å². The first kappa shape index (κ1) is 41.0. The van der Waals surface area contributed by atoms with Crippen LogP contribution in [0.25, 0.3) is 0 Å². The van der Waals surface area contributed by atoms with E-state index in [1.807, 2.05) is 13.8 Å². The second kappa shape index (κ2) is 17.0. The molecule has 3 amide bonds. The molecule has 2 bridgehead atoms. The van der Waals surface area contributed by atoms with Gasteiger partial charge in [0.1, 0.15) is 24.4 Å². The second-order valence-electron chi connectivity index (χ2n) is 13.8. The van der Waals surface area contributed by atoms with Crippen LogP contribution < -0.4 is 21.7 Å². The summed E-state index contributed by atoms with van der Waals surface area (Å²) < 4.78 is 30.5. The maximum absolute atomic E-state index is 13.8. The summed E-state index contributed by atoms with van der Waals surface area (Å²) >= 11 is 0. The fourth-order valence-electron chi connectivity index (χ4n) is 6.99. The molecule has 2 aliphatic rings. The third-order valence-electron chi connectivity index (χ3n) is 9.17. The molecular formula is C33H57N5O10. The number of rotatable bonds is 7. The summed E-state index contributed by atoms with van der Waals surface area (Å²) in [7, 11) is 1.42. The number of carbonyl (C=O) groups excluding carboxylic acids is 3. The zero-order valence-corrected chi connectivity index (χ0v) is 30.0. The van der Waals surface area contributed by atoms with Crippen molar-refractivity contribution in [3.8, 4) is 12.3 Å². The normalized spacial score (nSPS) is 37.6. The summed E-state index contributed by atoms with van der Waals surface area (Å²) in [6.45, 7) is 15.4. The van der Waals surface area contributed by atoms with Crippen molar-refractivity contribution in [2.75, 3.05) is 26.7 Å². The minimum atomic E-state index is -1.64. The number of cyclic esters (lactones) is 1. The number of carbonyl (C=O) groups is 3. The topological polar surface area (TPSA) is 212 Å². The van der Waals surface area contributed by atoms with Crippen LogP contribution >= 0.6 is 0 Å². The van der Waals surface area contributed by atoms with Crippen LogP contribution in [0.5, 0.6) is 0 Å². The minimum Gasteiger partial charge on any atom is -0.459 e. The number of esters is 1. The largest absolute Gasteiger partial charge is 0.459 e. The van der Waals surface area contributed by atoms with E-state index in [1.54, 1.807) is 48.5 Å². The van der Waals surface area contributed by atoms with Crippen molar-refractivity contribution in [3.63, 3.8) is 0 Å². The van der Waals surface area contributed by atoms with Gasteiger partial charge in [-0.15, -0.1) is 6.42 Å². The van der Waals surface area contributed by atoms with Crippen LogP contribution in [0.4, 0.5) is 9.59 Å². The van der Waals surface area contributed by atoms with Crippen molar-refractivity contribution in [2.45, 2.75) is 123 Å². The van der Waals surface area contributed by atoms with Gasteiger partial charge in [-0.25, -0.2) is 9.59 Å². The van der Waals surface area contributed by atoms with Gasteiger partial charge in [0.2, 0.25) is 0 Å². The van der Waals surface area contributed by atoms with E-state index in [0.29, 0.717) is 0 Å². The van der Waals surface area contributed by atoms with Crippen LogP contribution in [0.3, 0.4) is 0 Å². The van der Waals surface area contributed by atoms with E-state index in [9.17, 15) is 24.6 Å². The number of urea groups is 1. The summed E-state index contributed by atoms with van der Waals surface area (Å²) in [5.41, 5.74) is 2.46. The lowest BCUT2D eigenvalue weighted by Crippen LogP contribution is -2.64. The predicted octanol–water partition coefficient (Wildman–Crippen LogP) is 1.64. The molecule has 2 saturated heterocycles. The van der Waals surface area contributed by atoms with E-state index in [4.69, 9.17) is 35.8 Å². The number of aliphatic hydroxyl groups is 2. The Hall–Kier alpha value is -3.16. The van der Waals surface area contributed by atoms with Gasteiger partial charge in [-0.3, -0.25) is 15.1 Å². The molecule has 2 fully saturated rings. The highest BCUT2D eigenvalue weighted by atomic mass is 16.7. The average Bonchev–Trinajstić information content (AvgIpc) is 3.00. The van der Waals surface area contributed by atoms with Crippen LogP contribution in [0.15, 0.2) is 4.99 Å². The van der Waals surface area contributed by atoms with Gasteiger partial charge in [-0.1, -0.05) is 33.6 Å². The number of nitrogens with one attached hydrogen (secondary N) is 3. The minimum absolute atomic E-state index is 0.0121. The van der Waals surface area contributed by atoms with Gasteiger partial charge in [0.05, 0.1) is 36.4 Å². The zero-order valence-electron chi connectivity index (χ0n) is 30.0. The molecule has 0 radical (unpaired) electrons. The predicted molar refractivity (Wildman–Crippen MR) is 177 cm³/mol. The van der Waals surface area contributed by atoms with Gasteiger partial charge in [-0.05, 0) is 53.4 Å². The summed E-state index contributed by atoms with van der Waals surface area (Å²) in [6.07, 6.45) is 0.657. The Morgan fingerprint density at radius 3 is 2.35 bits per heavy atom. The monoisotopic (exact) mass is 683 g/mol. The quantitative estimate of drug-likeness (QED) is 0.0746. The standard InChI is InChI=1S/C33H57N5O10/c1-12-16-44-25-20(5)24(46-30(41)37-15-14-36-28(34)38-29(40)35-11)21(6)27(39)45-22(13-2)33(10,43)26-19(4)23(47-31(7,8)48-26)18(3)17-32(25,9)42/h1,18-26,42-43H,13-17H2,2-11H3,(H,37,41)(H4,34,35,36,38,40)/t18-,19+,20+,21-,22-,23+,24+,25-,26-,32-,33-/m1/s1. The number of guanidine groups is 1. The molecule has 0 unspecified atom stereocenters. The highest BCUT2D eigenvalue weighted by Gasteiger charge is 2.55. The lowest BCUT2D eigenvalue weighted by atomic mass is 9.72. The number of nitrogens with zero attached hydrogens (tertiary/aromatic N) is 1. The number of nitrogens with two attached hydrogens (primary N) is 1. The van der Waals surface area contributed by atoms with Crippen LogP contribution in [0, 0.1) is 36.0 Å². The molecule has 15 heteroatoms. The van der Waals surface area contributed by atoms with Gasteiger partial charge < -0.3 is 50.3 Å². The molecule has 2 heterocycles. The molecule has 274 valence electrons. The van der Waals surface area contributed by atoms with Gasteiger partial charge >= 0.3 is 18.1 Å². The Labute approximate surface area is 284 Å². The summed E-state index contributed by atoms with van der Waals surface area (Å²) in [5, 5.41) is 31.2. The van der Waals surface area contributed by atoms with Gasteiger partial charge in [0, 0.05) is 25.4 Å². The Morgan fingerprint density at radius 1 is 1.12 bits per heavy atom. The van der Waals surface area contributed by atoms with E-state index >= 15 is 0 Å². The number of alkyl carbamates (subject to hydrolysis) is 1. The van der Waals surface area contributed by atoms with Crippen LogP contribution in [-0.4, -0.2) is 109 Å². The first-order chi connectivity index (χ1) is 22.2. The first-order valence-electron chi connectivity index (χ1n) is 16.5. The number of terminal acetylenes is 1. The van der Waals surface area contributed by atoms with Crippen molar-refractivity contribution in [1.82, 2.24) is 16.0 Å². The first-order valence-corrected chi connectivity index (χ1v) is 16.5. The average molecular weight is 684 g/mol. The third kappa shape index (κ3) is 10.4. The fraction of sp³-hybridized carbons (Fsp3) is 0.818. The molecule has 7 N–H and O–H groups in total. The highest BCUT2D eigenvalue weighted by molar-refractivity contribution is 5.95. The lowest BCUT2D eigenvalue weighted by molar-refractivity contribution is -0.359. The van der Waals surface area contributed by atoms with E-state index in [2.05, 4.69) is 26.9 Å². The smallest absolute Gasteiger partial charge is 0.407 e. The van der Waals surface area contributed by atoms with E-state index in [1.165, 1.54) is 7.05 Å². The maximum Gasteiger partial charge on any atom is 0.407 e. The summed E-state index contributed by atoms with van der Waals surface area (Å²) in [4.78, 5) is 42.3. The molecule has 0 aromatic rings. The summed E-state index contributed by atoms with van der Waals surface area (Å²) in [5.74, 6) is -2.06. The lowest BCUT2D eigenvalue weighted by Gasteiger charge is -2.53. The molecule has 2 aliphatic heterocycles. The molecule has 15 nitrogen and oxygen atoms in total. The molecule has 0 saturated carbocycles. The summed E-state index contributed by atoms with van der Waals surface area (Å²) in [6, 6.07) is -0.548. The van der Waals surface area contributed by atoms with Crippen molar-refractivity contribution in [3.05, 3.63) is 0 Å². The maximum atomic E-state index is 13.8. The second-order valence-corrected chi connectivity index (χ2v) is 13.8. The molecule has 0 aliphatic carbocycles. The van der Waals surface area contributed by atoms with Gasteiger partial charge in [0.15, 0.2) is 11.7 Å². The molecule has 0 aromatic carbocycles. The zero-order chi connectivity index (χ0) is 36.6. The van der Waals surface area contributed by atoms with Crippen molar-refractivity contribution >= 4 is 24.1 Å². The molecule has 48 heavy (non-hydrogen) atoms. The van der Waals surface area contributed by atoms with E-state index in [-0.39, 0.29) is 50.3 Å². The van der Waals surface area contributed by atoms with Crippen LogP contribution in [0.1, 0.15) is 75.2 Å². The Bertz CT molecular complexity index is 1190. The molecule has 0 aromatic heterocycles. The van der Waals surface area contributed by atoms with Crippen molar-refractivity contribution in [2.24, 2.45) is 34.4 Å². The number of ether oxygens (including phenoxy) is 5. The fourth-order valence-corrected chi connectivity index (χ4v) is 6.99. The van der Waals surface area contributed by atoms with Crippen molar-refractivity contribution in [1.29, 1.82) is 0 Å². The third-order valence-corrected chi connectivity index (χ3v) is 9.17. The number of hydrogen-bond donors (Lipinski definition) is 6. The number of amides is 3. The van der Waals surface area contributed by atoms with Crippen molar-refractivity contribution < 1.29 is 48.3 Å². The molecule has 2 rings (SSSR count). The van der Waals surface area contributed by atoms with E-state index in [0.717, 1.165) is 0 Å². The Morgan fingerprint density at radius 2 is 1.77 bits per heavy atom. The Balaban J connectivity index is 2.51. The molecule has 11 atom stereocenters. The number of hydrogen-bond acceptors (Lipinski definition) is 11. The van der Waals surface area contributed by atoms with Crippen LogP contribution in [0.2, 0.25) is 0 Å². The number of aliphatic imine (C=N–C) groups is 1. The Kier molecular flexibility index (Phi) is 14.5. The van der Waals surface area contributed by atoms with Crippen LogP contribution in [-0.2, 0) is 28.5 Å². The highest BCUT2D eigenvalue weighted by Crippen LogP contribution is 2.44. The molecule has 0 spiro atoms. The van der Waals surface area contributed by atoms with E-state index < -0.39 is 77.4 Å². The molecular weight excluding hydrogens is 626 g/mol. The number of fused-ring (bicyclic) bond motifs is 2. The van der Waals surface area contributed by atoms with Gasteiger partial charge in [0.25, 0.3) is 0 Å².